The summed E-state index contributed by atoms with van der Waals surface area (Å²) in [7, 11) is -1.31. The average Bonchev–Trinajstić information content (AvgIpc) is 1.72. The van der Waals surface area contributed by atoms with Crippen molar-refractivity contribution >= 4 is 7.12 Å². The van der Waals surface area contributed by atoms with E-state index in [1.54, 1.807) is 0 Å². The molecule has 0 aromatic heterocycles. The van der Waals surface area contributed by atoms with Crippen LogP contribution in [0.4, 0.5) is 8.78 Å². The zero-order chi connectivity index (χ0) is 8.98. The highest BCUT2D eigenvalue weighted by atomic mass is 19.3. The quantitative estimate of drug-likeness (QED) is 0.630. The molecule has 3 fully saturated rings. The first-order valence-electron chi connectivity index (χ1n) is 4.12. The van der Waals surface area contributed by atoms with E-state index in [-0.39, 0.29) is 11.8 Å². The lowest BCUT2D eigenvalue weighted by molar-refractivity contribution is -0.138. The second-order valence-corrected chi connectivity index (χ2v) is 4.36. The first-order chi connectivity index (χ1) is 5.48. The molecule has 0 aliphatic heterocycles. The van der Waals surface area contributed by atoms with Crippen LogP contribution in [0.3, 0.4) is 0 Å². The minimum atomic E-state index is -2.25. The summed E-state index contributed by atoms with van der Waals surface area (Å²) in [6.45, 7) is 0. The highest BCUT2D eigenvalue weighted by molar-refractivity contribution is 6.46. The maximum absolute atomic E-state index is 12.0. The fraction of sp³-hybridized carbons (Fsp3) is 1.00. The molecule has 0 aromatic rings. The molecule has 0 unspecified atom stereocenters. The van der Waals surface area contributed by atoms with Crippen LogP contribution in [-0.2, 0) is 0 Å². The smallest absolute Gasteiger partial charge is 0.427 e. The van der Waals surface area contributed by atoms with Gasteiger partial charge in [0.1, 0.15) is 0 Å². The molecule has 0 radical (unpaired) electrons. The van der Waals surface area contributed by atoms with Crippen molar-refractivity contribution in [1.29, 1.82) is 0 Å². The van der Waals surface area contributed by atoms with Gasteiger partial charge in [0.05, 0.1) is 0 Å². The van der Waals surface area contributed by atoms with Crippen LogP contribution < -0.4 is 0 Å². The molecule has 2 bridgehead atoms. The predicted molar refractivity (Wildman–Crippen MR) is 39.8 cm³/mol. The van der Waals surface area contributed by atoms with Crippen LogP contribution in [0.2, 0.25) is 5.31 Å². The third-order valence-corrected chi connectivity index (χ3v) is 3.32. The molecule has 3 aliphatic rings. The van der Waals surface area contributed by atoms with E-state index < -0.39 is 18.9 Å². The summed E-state index contributed by atoms with van der Waals surface area (Å²) < 4.78 is 24.0. The van der Waals surface area contributed by atoms with Crippen LogP contribution in [0.25, 0.3) is 0 Å². The summed E-state index contributed by atoms with van der Waals surface area (Å²) in [5.41, 5.74) is -0.238. The van der Waals surface area contributed by atoms with E-state index in [9.17, 15) is 8.78 Å². The molecule has 2 N–H and O–H groups in total. The Morgan fingerprint density at radius 3 is 2.08 bits per heavy atom. The SMILES string of the molecule is OB(O)C12CC(CC(F)F)(C1)C2. The van der Waals surface area contributed by atoms with Gasteiger partial charge in [0, 0.05) is 11.7 Å². The van der Waals surface area contributed by atoms with Crippen molar-refractivity contribution in [3.8, 4) is 0 Å². The van der Waals surface area contributed by atoms with Gasteiger partial charge in [-0.1, -0.05) is 0 Å². The molecule has 68 valence electrons. The van der Waals surface area contributed by atoms with Gasteiger partial charge >= 0.3 is 7.12 Å². The number of hydrogen-bond donors (Lipinski definition) is 2. The van der Waals surface area contributed by atoms with Gasteiger partial charge in [0.25, 0.3) is 0 Å². The molecule has 0 amide bonds. The molecule has 0 aromatic carbocycles. The largest absolute Gasteiger partial charge is 0.458 e. The van der Waals surface area contributed by atoms with E-state index >= 15 is 0 Å². The summed E-state index contributed by atoms with van der Waals surface area (Å²) in [5, 5.41) is 17.4. The lowest BCUT2D eigenvalue weighted by Crippen LogP contribution is -2.63. The normalized spacial score (nSPS) is 43.8. The molecule has 3 saturated carbocycles. The van der Waals surface area contributed by atoms with E-state index in [0.717, 1.165) is 0 Å². The van der Waals surface area contributed by atoms with Crippen molar-refractivity contribution in [2.75, 3.05) is 0 Å². The topological polar surface area (TPSA) is 40.5 Å². The van der Waals surface area contributed by atoms with Crippen LogP contribution in [0, 0.1) is 5.41 Å². The van der Waals surface area contributed by atoms with E-state index in [1.807, 2.05) is 0 Å². The third-order valence-electron chi connectivity index (χ3n) is 3.32. The minimum absolute atomic E-state index is 0.0680. The van der Waals surface area contributed by atoms with Crippen LogP contribution in [0.5, 0.6) is 0 Å². The second-order valence-electron chi connectivity index (χ2n) is 4.36. The zero-order valence-corrected chi connectivity index (χ0v) is 6.63. The predicted octanol–water partition coefficient (Wildman–Crippen LogP) is 1.04. The zero-order valence-electron chi connectivity index (χ0n) is 6.63. The molecule has 0 atom stereocenters. The standard InChI is InChI=1S/C7H11BF2O2/c9-5(10)1-6-2-7(3-6,4-6)8(11)12/h5,11-12H,1-4H2. The lowest BCUT2D eigenvalue weighted by Gasteiger charge is -2.70. The fourth-order valence-corrected chi connectivity index (χ4v) is 2.90. The van der Waals surface area contributed by atoms with Crippen molar-refractivity contribution in [2.24, 2.45) is 5.41 Å². The fourth-order valence-electron chi connectivity index (χ4n) is 2.90. The van der Waals surface area contributed by atoms with Gasteiger partial charge in [0.15, 0.2) is 0 Å². The van der Waals surface area contributed by atoms with E-state index in [1.165, 1.54) is 0 Å². The highest BCUT2D eigenvalue weighted by Gasteiger charge is 2.72. The van der Waals surface area contributed by atoms with E-state index in [0.29, 0.717) is 19.3 Å². The Hall–Kier alpha value is -0.155. The van der Waals surface area contributed by atoms with Crippen LogP contribution in [-0.4, -0.2) is 23.6 Å². The molecule has 2 nitrogen and oxygen atoms in total. The summed E-state index contributed by atoms with van der Waals surface area (Å²) in [6, 6.07) is 0. The van der Waals surface area contributed by atoms with Gasteiger partial charge in [0.2, 0.25) is 6.43 Å². The van der Waals surface area contributed by atoms with Crippen LogP contribution in [0.15, 0.2) is 0 Å². The van der Waals surface area contributed by atoms with Gasteiger partial charge in [-0.05, 0) is 24.7 Å². The average molecular weight is 176 g/mol. The van der Waals surface area contributed by atoms with E-state index in [2.05, 4.69) is 0 Å². The molecule has 3 rings (SSSR count). The molecular weight excluding hydrogens is 165 g/mol. The number of halogens is 2. The Morgan fingerprint density at radius 2 is 1.75 bits per heavy atom. The summed E-state index contributed by atoms with van der Waals surface area (Å²) >= 11 is 0. The monoisotopic (exact) mass is 176 g/mol. The number of rotatable bonds is 3. The van der Waals surface area contributed by atoms with Crippen molar-refractivity contribution in [3.63, 3.8) is 0 Å². The first-order valence-corrected chi connectivity index (χ1v) is 4.12. The Morgan fingerprint density at radius 1 is 1.25 bits per heavy atom. The Labute approximate surface area is 69.7 Å². The van der Waals surface area contributed by atoms with Gasteiger partial charge in [-0.15, -0.1) is 0 Å². The molecule has 0 spiro atoms. The van der Waals surface area contributed by atoms with Crippen molar-refractivity contribution < 1.29 is 18.8 Å². The molecular formula is C7H11BF2O2. The van der Waals surface area contributed by atoms with Crippen LogP contribution in [0.1, 0.15) is 25.7 Å². The Kier molecular flexibility index (Phi) is 1.55. The Balaban J connectivity index is 1.87. The first kappa shape index (κ1) is 8.44. The second kappa shape index (κ2) is 2.20. The van der Waals surface area contributed by atoms with Crippen molar-refractivity contribution in [3.05, 3.63) is 0 Å². The molecule has 3 aliphatic carbocycles. The van der Waals surface area contributed by atoms with Gasteiger partial charge < -0.3 is 10.0 Å². The molecule has 12 heavy (non-hydrogen) atoms. The van der Waals surface area contributed by atoms with Crippen molar-refractivity contribution in [2.45, 2.75) is 37.4 Å². The highest BCUT2D eigenvalue weighted by Crippen LogP contribution is 2.80. The van der Waals surface area contributed by atoms with Crippen LogP contribution >= 0.6 is 0 Å². The molecule has 0 saturated heterocycles. The van der Waals surface area contributed by atoms with Gasteiger partial charge in [-0.3, -0.25) is 0 Å². The summed E-state index contributed by atoms with van der Waals surface area (Å²) in [6.07, 6.45) is -0.604. The van der Waals surface area contributed by atoms with Gasteiger partial charge in [-0.25, -0.2) is 8.78 Å². The summed E-state index contributed by atoms with van der Waals surface area (Å²) in [5.74, 6) is 0. The van der Waals surface area contributed by atoms with Gasteiger partial charge in [-0.2, -0.15) is 0 Å². The van der Waals surface area contributed by atoms with E-state index in [4.69, 9.17) is 10.0 Å². The number of alkyl halides is 2. The summed E-state index contributed by atoms with van der Waals surface area (Å²) in [4.78, 5) is 0. The Bertz CT molecular complexity index is 188. The molecule has 5 heteroatoms. The minimum Gasteiger partial charge on any atom is -0.427 e. The maximum atomic E-state index is 12.0. The number of hydrogen-bond acceptors (Lipinski definition) is 2. The third kappa shape index (κ3) is 0.926. The maximum Gasteiger partial charge on any atom is 0.458 e. The van der Waals surface area contributed by atoms with Crippen molar-refractivity contribution in [1.82, 2.24) is 0 Å². The molecule has 0 heterocycles. The lowest BCUT2D eigenvalue weighted by atomic mass is 9.24.